The first-order chi connectivity index (χ1) is 12.4. The number of amides is 2. The highest BCUT2D eigenvalue weighted by atomic mass is 19.2. The summed E-state index contributed by atoms with van der Waals surface area (Å²) in [4.78, 5) is 25.7. The SMILES string of the molecule is CN1CC(NC(=O)C2CCC(CC3CCC(F)C(F)C3)CN2)CCC1=O. The Hall–Kier alpha value is -1.24. The van der Waals surface area contributed by atoms with Crippen LogP contribution in [-0.2, 0) is 9.59 Å². The van der Waals surface area contributed by atoms with Crippen molar-refractivity contribution in [2.75, 3.05) is 20.1 Å². The van der Waals surface area contributed by atoms with Crippen LogP contribution in [0.1, 0.15) is 51.4 Å². The second-order valence-electron chi connectivity index (χ2n) is 8.37. The Morgan fingerprint density at radius 3 is 2.58 bits per heavy atom. The number of hydrogen-bond acceptors (Lipinski definition) is 3. The minimum absolute atomic E-state index is 0.0120. The summed E-state index contributed by atoms with van der Waals surface area (Å²) in [6.07, 6.45) is 2.70. The van der Waals surface area contributed by atoms with Gasteiger partial charge in [0, 0.05) is 26.1 Å². The number of piperidine rings is 2. The van der Waals surface area contributed by atoms with E-state index >= 15 is 0 Å². The molecular formula is C19H31F2N3O2. The summed E-state index contributed by atoms with van der Waals surface area (Å²) in [5.74, 6) is 0.847. The molecule has 2 heterocycles. The molecule has 148 valence electrons. The molecule has 3 rings (SSSR count). The molecule has 0 aromatic heterocycles. The van der Waals surface area contributed by atoms with Crippen molar-refractivity contribution >= 4 is 11.8 Å². The van der Waals surface area contributed by atoms with E-state index in [1.54, 1.807) is 11.9 Å². The van der Waals surface area contributed by atoms with Gasteiger partial charge in [0.25, 0.3) is 0 Å². The molecule has 2 aliphatic heterocycles. The van der Waals surface area contributed by atoms with E-state index in [1.165, 1.54) is 0 Å². The van der Waals surface area contributed by atoms with Gasteiger partial charge < -0.3 is 15.5 Å². The number of nitrogens with one attached hydrogen (secondary N) is 2. The number of likely N-dealkylation sites (tertiary alicyclic amines) is 1. The monoisotopic (exact) mass is 371 g/mol. The number of carbonyl (C=O) groups is 2. The average molecular weight is 371 g/mol. The van der Waals surface area contributed by atoms with E-state index < -0.39 is 12.3 Å². The second-order valence-corrected chi connectivity index (χ2v) is 8.37. The molecule has 6 unspecified atom stereocenters. The van der Waals surface area contributed by atoms with E-state index in [1.807, 2.05) is 0 Å². The number of hydrogen-bond donors (Lipinski definition) is 2. The molecule has 2 saturated heterocycles. The summed E-state index contributed by atoms with van der Waals surface area (Å²) in [5.41, 5.74) is 0. The number of rotatable bonds is 4. The molecule has 6 atom stereocenters. The second kappa shape index (κ2) is 8.63. The lowest BCUT2D eigenvalue weighted by Crippen LogP contribution is -2.55. The number of nitrogens with zero attached hydrogens (tertiary/aromatic N) is 1. The van der Waals surface area contributed by atoms with Gasteiger partial charge in [-0.2, -0.15) is 0 Å². The summed E-state index contributed by atoms with van der Waals surface area (Å²) >= 11 is 0. The van der Waals surface area contributed by atoms with Crippen LogP contribution < -0.4 is 10.6 Å². The zero-order chi connectivity index (χ0) is 18.7. The summed E-state index contributed by atoms with van der Waals surface area (Å²) in [5, 5.41) is 6.39. The Balaban J connectivity index is 1.38. The third-order valence-electron chi connectivity index (χ3n) is 6.27. The molecule has 26 heavy (non-hydrogen) atoms. The molecule has 0 spiro atoms. The van der Waals surface area contributed by atoms with Gasteiger partial charge in [-0.3, -0.25) is 9.59 Å². The van der Waals surface area contributed by atoms with Crippen LogP contribution in [0.2, 0.25) is 0 Å². The fraction of sp³-hybridized carbons (Fsp3) is 0.895. The molecule has 5 nitrogen and oxygen atoms in total. The third kappa shape index (κ3) is 4.93. The van der Waals surface area contributed by atoms with Crippen molar-refractivity contribution in [3.8, 4) is 0 Å². The number of carbonyl (C=O) groups excluding carboxylic acids is 2. The van der Waals surface area contributed by atoms with Gasteiger partial charge in [-0.05, 0) is 63.3 Å². The first-order valence-corrected chi connectivity index (χ1v) is 9.98. The molecule has 3 aliphatic rings. The highest BCUT2D eigenvalue weighted by Crippen LogP contribution is 2.34. The van der Waals surface area contributed by atoms with E-state index in [4.69, 9.17) is 0 Å². The number of likely N-dealkylation sites (N-methyl/N-ethyl adjacent to an activating group) is 1. The molecule has 3 fully saturated rings. The van der Waals surface area contributed by atoms with Crippen molar-refractivity contribution in [3.63, 3.8) is 0 Å². The molecule has 0 bridgehead atoms. The summed E-state index contributed by atoms with van der Waals surface area (Å²) in [6, 6.07) is -0.160. The summed E-state index contributed by atoms with van der Waals surface area (Å²) < 4.78 is 26.8. The lowest BCUT2D eigenvalue weighted by Gasteiger charge is -2.35. The third-order valence-corrected chi connectivity index (χ3v) is 6.27. The lowest BCUT2D eigenvalue weighted by atomic mass is 9.78. The van der Waals surface area contributed by atoms with Gasteiger partial charge >= 0.3 is 0 Å². The minimum atomic E-state index is -1.30. The van der Waals surface area contributed by atoms with Crippen LogP contribution in [0, 0.1) is 11.8 Å². The van der Waals surface area contributed by atoms with Gasteiger partial charge in [-0.1, -0.05) is 0 Å². The maximum atomic E-state index is 13.6. The van der Waals surface area contributed by atoms with Crippen molar-refractivity contribution in [2.24, 2.45) is 11.8 Å². The van der Waals surface area contributed by atoms with Crippen molar-refractivity contribution in [1.82, 2.24) is 15.5 Å². The quantitative estimate of drug-likeness (QED) is 0.794. The van der Waals surface area contributed by atoms with Gasteiger partial charge in [0.1, 0.15) is 12.3 Å². The molecule has 0 aromatic rings. The highest BCUT2D eigenvalue weighted by molar-refractivity contribution is 5.83. The van der Waals surface area contributed by atoms with Crippen LogP contribution in [0.5, 0.6) is 0 Å². The van der Waals surface area contributed by atoms with Gasteiger partial charge in [-0.15, -0.1) is 0 Å². The van der Waals surface area contributed by atoms with Gasteiger partial charge in [0.05, 0.1) is 6.04 Å². The Morgan fingerprint density at radius 2 is 1.92 bits per heavy atom. The smallest absolute Gasteiger partial charge is 0.237 e. The van der Waals surface area contributed by atoms with E-state index in [2.05, 4.69) is 10.6 Å². The summed E-state index contributed by atoms with van der Waals surface area (Å²) in [7, 11) is 1.77. The van der Waals surface area contributed by atoms with Gasteiger partial charge in [0.2, 0.25) is 11.8 Å². The normalized spacial score (nSPS) is 38.9. The van der Waals surface area contributed by atoms with Crippen LogP contribution >= 0.6 is 0 Å². The predicted molar refractivity (Wildman–Crippen MR) is 95.1 cm³/mol. The van der Waals surface area contributed by atoms with E-state index in [0.29, 0.717) is 38.1 Å². The molecule has 2 N–H and O–H groups in total. The van der Waals surface area contributed by atoms with E-state index in [9.17, 15) is 18.4 Å². The van der Waals surface area contributed by atoms with Crippen LogP contribution in [-0.4, -0.2) is 61.3 Å². The van der Waals surface area contributed by atoms with Crippen LogP contribution in [0.25, 0.3) is 0 Å². The Labute approximate surface area is 154 Å². The molecule has 2 amide bonds. The lowest BCUT2D eigenvalue weighted by molar-refractivity contribution is -0.134. The maximum absolute atomic E-state index is 13.6. The zero-order valence-electron chi connectivity index (χ0n) is 15.6. The average Bonchev–Trinajstić information content (AvgIpc) is 2.62. The Morgan fingerprint density at radius 1 is 1.15 bits per heavy atom. The molecule has 1 aliphatic carbocycles. The fourth-order valence-corrected chi connectivity index (χ4v) is 4.62. The number of alkyl halides is 2. The zero-order valence-corrected chi connectivity index (χ0v) is 15.6. The standard InChI is InChI=1S/C19H31F2N3O2/c1-24-11-14(4-7-18(24)25)23-19(26)17-6-3-13(10-22-17)8-12-2-5-15(20)16(21)9-12/h12-17,22H,2-11H2,1H3,(H,23,26). The van der Waals surface area contributed by atoms with Crippen LogP contribution in [0.4, 0.5) is 8.78 Å². The summed E-state index contributed by atoms with van der Waals surface area (Å²) in [6.45, 7) is 1.33. The van der Waals surface area contributed by atoms with E-state index in [-0.39, 0.29) is 29.8 Å². The minimum Gasteiger partial charge on any atom is -0.350 e. The molecular weight excluding hydrogens is 340 g/mol. The van der Waals surface area contributed by atoms with Crippen molar-refractivity contribution in [2.45, 2.75) is 75.8 Å². The Bertz CT molecular complexity index is 511. The van der Waals surface area contributed by atoms with Crippen LogP contribution in [0.15, 0.2) is 0 Å². The molecule has 0 aromatic carbocycles. The first-order valence-electron chi connectivity index (χ1n) is 9.98. The van der Waals surface area contributed by atoms with E-state index in [0.717, 1.165) is 32.2 Å². The highest BCUT2D eigenvalue weighted by Gasteiger charge is 2.34. The topological polar surface area (TPSA) is 61.4 Å². The van der Waals surface area contributed by atoms with Gasteiger partial charge in [-0.25, -0.2) is 8.78 Å². The predicted octanol–water partition coefficient (Wildman–Crippen LogP) is 1.96. The number of halogens is 2. The molecule has 7 heteroatoms. The largest absolute Gasteiger partial charge is 0.350 e. The Kier molecular flexibility index (Phi) is 6.48. The van der Waals surface area contributed by atoms with Crippen molar-refractivity contribution in [1.29, 1.82) is 0 Å². The molecule has 1 saturated carbocycles. The first kappa shape index (κ1) is 19.5. The van der Waals surface area contributed by atoms with Crippen molar-refractivity contribution < 1.29 is 18.4 Å². The fourth-order valence-electron chi connectivity index (χ4n) is 4.62. The molecule has 0 radical (unpaired) electrons. The van der Waals surface area contributed by atoms with Gasteiger partial charge in [0.15, 0.2) is 0 Å². The maximum Gasteiger partial charge on any atom is 0.237 e. The van der Waals surface area contributed by atoms with Crippen molar-refractivity contribution in [3.05, 3.63) is 0 Å². The van der Waals surface area contributed by atoms with Crippen LogP contribution in [0.3, 0.4) is 0 Å².